The van der Waals surface area contributed by atoms with Gasteiger partial charge in [-0.3, -0.25) is 4.79 Å². The third-order valence-corrected chi connectivity index (χ3v) is 6.62. The van der Waals surface area contributed by atoms with Gasteiger partial charge in [-0.15, -0.1) is 0 Å². The first-order valence-electron chi connectivity index (χ1n) is 10.9. The van der Waals surface area contributed by atoms with E-state index in [0.29, 0.717) is 11.1 Å². The van der Waals surface area contributed by atoms with E-state index in [1.165, 1.54) is 13.2 Å². The van der Waals surface area contributed by atoms with Gasteiger partial charge in [0.2, 0.25) is 0 Å². The summed E-state index contributed by atoms with van der Waals surface area (Å²) in [6.07, 6.45) is 0.887. The number of hydrogen-bond acceptors (Lipinski definition) is 5. The molecule has 8 heteroatoms. The highest BCUT2D eigenvalue weighted by atomic mass is 32.2. The van der Waals surface area contributed by atoms with Crippen LogP contribution in [0.5, 0.6) is 11.5 Å². The quantitative estimate of drug-likeness (QED) is 0.389. The van der Waals surface area contributed by atoms with Crippen LogP contribution in [-0.2, 0) is 23.1 Å². The fraction of sp³-hybridized carbons (Fsp3) is 0.269. The molecule has 3 aromatic rings. The second-order valence-electron chi connectivity index (χ2n) is 8.05. The minimum absolute atomic E-state index is 0.0206. The van der Waals surface area contributed by atoms with E-state index in [4.69, 9.17) is 8.92 Å². The number of hydrogen-bond donors (Lipinski definition) is 0. The lowest BCUT2D eigenvalue weighted by atomic mass is 10.1. The summed E-state index contributed by atoms with van der Waals surface area (Å²) in [5.41, 5.74) is 2.39. The molecule has 0 N–H and O–H groups in total. The number of ether oxygens (including phenoxy) is 1. The van der Waals surface area contributed by atoms with Gasteiger partial charge < -0.3 is 13.8 Å². The first kappa shape index (κ1) is 25.2. The molecule has 1 amide bonds. The molecule has 0 atom stereocenters. The van der Waals surface area contributed by atoms with Crippen LogP contribution < -0.4 is 8.92 Å². The van der Waals surface area contributed by atoms with Crippen molar-refractivity contribution < 1.29 is 26.5 Å². The molecule has 0 fully saturated rings. The summed E-state index contributed by atoms with van der Waals surface area (Å²) in [4.78, 5) is 14.7. The first-order chi connectivity index (χ1) is 16.1. The highest BCUT2D eigenvalue weighted by molar-refractivity contribution is 7.87. The normalized spacial score (nSPS) is 11.4. The molecule has 34 heavy (non-hydrogen) atoms. The standard InChI is InChI=1S/C26H28FNO5S/c1-5-19-6-9-21(10-7-19)26(29)28(18(2)3)17-20-8-15-24(32-4)25(16-20)33-34(30,31)23-13-11-22(27)12-14-23/h6-16,18H,5,17H2,1-4H3. The van der Waals surface area contributed by atoms with E-state index in [2.05, 4.69) is 6.92 Å². The lowest BCUT2D eigenvalue weighted by molar-refractivity contribution is 0.0690. The molecule has 0 unspecified atom stereocenters. The van der Waals surface area contributed by atoms with Crippen molar-refractivity contribution in [1.29, 1.82) is 0 Å². The van der Waals surface area contributed by atoms with E-state index >= 15 is 0 Å². The Hall–Kier alpha value is -3.39. The smallest absolute Gasteiger partial charge is 0.339 e. The van der Waals surface area contributed by atoms with Crippen molar-refractivity contribution in [2.24, 2.45) is 0 Å². The minimum atomic E-state index is -4.22. The predicted octanol–water partition coefficient (Wildman–Crippen LogP) is 5.22. The largest absolute Gasteiger partial charge is 0.493 e. The van der Waals surface area contributed by atoms with E-state index in [0.717, 1.165) is 36.2 Å². The van der Waals surface area contributed by atoms with Crippen LogP contribution in [0.1, 0.15) is 42.3 Å². The van der Waals surface area contributed by atoms with Gasteiger partial charge in [0.15, 0.2) is 11.5 Å². The van der Waals surface area contributed by atoms with E-state index in [1.54, 1.807) is 17.0 Å². The van der Waals surface area contributed by atoms with Crippen LogP contribution in [0.2, 0.25) is 0 Å². The third kappa shape index (κ3) is 5.94. The Balaban J connectivity index is 1.88. The monoisotopic (exact) mass is 485 g/mol. The molecule has 0 aliphatic rings. The van der Waals surface area contributed by atoms with Crippen molar-refractivity contribution in [3.8, 4) is 11.5 Å². The summed E-state index contributed by atoms with van der Waals surface area (Å²) in [5.74, 6) is -0.490. The Bertz CT molecular complexity index is 1240. The average molecular weight is 486 g/mol. The maximum Gasteiger partial charge on any atom is 0.339 e. The van der Waals surface area contributed by atoms with Crippen LogP contribution >= 0.6 is 0 Å². The van der Waals surface area contributed by atoms with Crippen molar-refractivity contribution in [1.82, 2.24) is 4.90 Å². The molecule has 6 nitrogen and oxygen atoms in total. The fourth-order valence-corrected chi connectivity index (χ4v) is 4.32. The van der Waals surface area contributed by atoms with E-state index in [-0.39, 0.29) is 34.9 Å². The van der Waals surface area contributed by atoms with Gasteiger partial charge in [0, 0.05) is 18.2 Å². The number of carbonyl (C=O) groups is 1. The van der Waals surface area contributed by atoms with Crippen LogP contribution in [0.25, 0.3) is 0 Å². The number of nitrogens with zero attached hydrogens (tertiary/aromatic N) is 1. The number of halogens is 1. The van der Waals surface area contributed by atoms with Gasteiger partial charge in [-0.2, -0.15) is 8.42 Å². The van der Waals surface area contributed by atoms with Gasteiger partial charge in [-0.05, 0) is 79.9 Å². The highest BCUT2D eigenvalue weighted by Gasteiger charge is 2.22. The zero-order valence-electron chi connectivity index (χ0n) is 19.6. The number of carbonyl (C=O) groups excluding carboxylic acids is 1. The Kier molecular flexibility index (Phi) is 7.94. The highest BCUT2D eigenvalue weighted by Crippen LogP contribution is 2.31. The van der Waals surface area contributed by atoms with E-state index < -0.39 is 15.9 Å². The van der Waals surface area contributed by atoms with Crippen molar-refractivity contribution in [2.75, 3.05) is 7.11 Å². The van der Waals surface area contributed by atoms with Crippen molar-refractivity contribution in [3.63, 3.8) is 0 Å². The Morgan fingerprint density at radius 2 is 1.56 bits per heavy atom. The van der Waals surface area contributed by atoms with Crippen LogP contribution in [0, 0.1) is 5.82 Å². The first-order valence-corrected chi connectivity index (χ1v) is 12.3. The van der Waals surface area contributed by atoms with Gasteiger partial charge in [-0.1, -0.05) is 25.1 Å². The van der Waals surface area contributed by atoms with E-state index in [9.17, 15) is 17.6 Å². The summed E-state index contributed by atoms with van der Waals surface area (Å²) in [6.45, 7) is 6.12. The van der Waals surface area contributed by atoms with Gasteiger partial charge in [0.25, 0.3) is 5.91 Å². The molecule has 0 saturated carbocycles. The molecule has 0 heterocycles. The molecule has 3 aromatic carbocycles. The Labute approximate surface area is 200 Å². The topological polar surface area (TPSA) is 72.9 Å². The number of benzene rings is 3. The van der Waals surface area contributed by atoms with Gasteiger partial charge >= 0.3 is 10.1 Å². The number of aryl methyl sites for hydroxylation is 1. The molecule has 0 aromatic heterocycles. The van der Waals surface area contributed by atoms with Gasteiger partial charge in [0.05, 0.1) is 7.11 Å². The summed E-state index contributed by atoms with van der Waals surface area (Å²) >= 11 is 0. The lowest BCUT2D eigenvalue weighted by Gasteiger charge is -2.27. The molecule has 0 aliphatic heterocycles. The molecular weight excluding hydrogens is 457 g/mol. The van der Waals surface area contributed by atoms with Crippen LogP contribution in [0.3, 0.4) is 0 Å². The zero-order valence-corrected chi connectivity index (χ0v) is 20.4. The fourth-order valence-electron chi connectivity index (χ4n) is 3.39. The summed E-state index contributed by atoms with van der Waals surface area (Å²) < 4.78 is 49.2. The Morgan fingerprint density at radius 1 is 0.941 bits per heavy atom. The lowest BCUT2D eigenvalue weighted by Crippen LogP contribution is -2.36. The second-order valence-corrected chi connectivity index (χ2v) is 9.60. The summed E-state index contributed by atoms with van der Waals surface area (Å²) in [5, 5.41) is 0. The minimum Gasteiger partial charge on any atom is -0.493 e. The van der Waals surface area contributed by atoms with E-state index in [1.807, 2.05) is 38.1 Å². The average Bonchev–Trinajstić information content (AvgIpc) is 2.82. The molecule has 0 radical (unpaired) electrons. The number of rotatable bonds is 9. The molecule has 0 bridgehead atoms. The van der Waals surface area contributed by atoms with Gasteiger partial charge in [0.1, 0.15) is 10.7 Å². The zero-order chi connectivity index (χ0) is 24.9. The summed E-state index contributed by atoms with van der Waals surface area (Å²) in [7, 11) is -2.82. The maximum absolute atomic E-state index is 13.2. The van der Waals surface area contributed by atoms with Crippen molar-refractivity contribution >= 4 is 16.0 Å². The third-order valence-electron chi connectivity index (χ3n) is 5.38. The number of methoxy groups -OCH3 is 1. The van der Waals surface area contributed by atoms with Gasteiger partial charge in [-0.25, -0.2) is 4.39 Å². The molecule has 0 saturated heterocycles. The van der Waals surface area contributed by atoms with Crippen molar-refractivity contribution in [2.45, 2.75) is 44.7 Å². The molecule has 3 rings (SSSR count). The van der Waals surface area contributed by atoms with Crippen LogP contribution in [0.4, 0.5) is 4.39 Å². The van der Waals surface area contributed by atoms with Crippen LogP contribution in [0.15, 0.2) is 71.6 Å². The summed E-state index contributed by atoms with van der Waals surface area (Å²) in [6, 6.07) is 16.6. The predicted molar refractivity (Wildman–Crippen MR) is 128 cm³/mol. The SMILES string of the molecule is CCc1ccc(C(=O)N(Cc2ccc(OC)c(OS(=O)(=O)c3ccc(F)cc3)c2)C(C)C)cc1. The Morgan fingerprint density at radius 3 is 2.12 bits per heavy atom. The number of amides is 1. The molecule has 0 spiro atoms. The van der Waals surface area contributed by atoms with Crippen molar-refractivity contribution in [3.05, 3.63) is 89.2 Å². The molecule has 0 aliphatic carbocycles. The second kappa shape index (κ2) is 10.7. The van der Waals surface area contributed by atoms with Crippen LogP contribution in [-0.4, -0.2) is 32.4 Å². The maximum atomic E-state index is 13.2. The molecule has 180 valence electrons. The molecular formula is C26H28FNO5S.